The summed E-state index contributed by atoms with van der Waals surface area (Å²) >= 11 is 1.59. The normalized spacial score (nSPS) is 12.9. The molecule has 32 heavy (non-hydrogen) atoms. The summed E-state index contributed by atoms with van der Waals surface area (Å²) in [4.78, 5) is 43.7. The number of anilines is 1. The molecule has 0 bridgehead atoms. The molecule has 1 amide bonds. The molecule has 0 aliphatic heterocycles. The molecule has 3 aromatic rings. The first-order chi connectivity index (χ1) is 15.5. The van der Waals surface area contributed by atoms with Crippen LogP contribution in [0.5, 0.6) is 5.75 Å². The molecule has 2 heterocycles. The van der Waals surface area contributed by atoms with Crippen molar-refractivity contribution in [2.75, 3.05) is 19.0 Å². The number of carbonyl (C=O) groups excluding carboxylic acids is 2. The summed E-state index contributed by atoms with van der Waals surface area (Å²) in [5, 5.41) is 3.37. The number of methoxy groups -OCH3 is 1. The number of fused-ring (bicyclic) bond motifs is 3. The fraction of sp³-hybridized carbons (Fsp3) is 0.391. The van der Waals surface area contributed by atoms with Crippen LogP contribution in [-0.4, -0.2) is 35.1 Å². The monoisotopic (exact) mass is 455 g/mol. The van der Waals surface area contributed by atoms with Crippen molar-refractivity contribution in [3.63, 3.8) is 0 Å². The number of amides is 1. The second kappa shape index (κ2) is 9.52. The number of nitrogens with zero attached hydrogens (tertiary/aromatic N) is 2. The summed E-state index contributed by atoms with van der Waals surface area (Å²) in [5.74, 6) is -0.503. The minimum Gasteiger partial charge on any atom is -0.495 e. The predicted octanol–water partition coefficient (Wildman–Crippen LogP) is 3.23. The lowest BCUT2D eigenvalue weighted by atomic mass is 9.97. The van der Waals surface area contributed by atoms with E-state index < -0.39 is 18.5 Å². The number of thiophene rings is 1. The molecule has 2 aromatic heterocycles. The van der Waals surface area contributed by atoms with Gasteiger partial charge >= 0.3 is 5.97 Å². The van der Waals surface area contributed by atoms with E-state index in [0.29, 0.717) is 16.8 Å². The minimum atomic E-state index is -0.560. The summed E-state index contributed by atoms with van der Waals surface area (Å²) in [5.41, 5.74) is 2.47. The van der Waals surface area contributed by atoms with Crippen molar-refractivity contribution in [2.45, 2.75) is 45.6 Å². The van der Waals surface area contributed by atoms with Gasteiger partial charge in [-0.1, -0.05) is 6.07 Å². The van der Waals surface area contributed by atoms with Crippen LogP contribution >= 0.6 is 11.3 Å². The summed E-state index contributed by atoms with van der Waals surface area (Å²) in [7, 11) is 1.51. The molecule has 0 saturated carbocycles. The summed E-state index contributed by atoms with van der Waals surface area (Å²) in [6.45, 7) is 1.63. The van der Waals surface area contributed by atoms with Gasteiger partial charge in [0.2, 0.25) is 0 Å². The van der Waals surface area contributed by atoms with Crippen LogP contribution in [0.3, 0.4) is 0 Å². The van der Waals surface area contributed by atoms with E-state index in [-0.39, 0.29) is 18.5 Å². The third kappa shape index (κ3) is 4.67. The van der Waals surface area contributed by atoms with Gasteiger partial charge in [0.15, 0.2) is 6.61 Å². The Hall–Kier alpha value is -3.20. The van der Waals surface area contributed by atoms with E-state index in [0.717, 1.165) is 41.6 Å². The van der Waals surface area contributed by atoms with E-state index in [1.54, 1.807) is 23.5 Å². The second-order valence-corrected chi connectivity index (χ2v) is 8.88. The third-order valence-corrected chi connectivity index (χ3v) is 6.69. The van der Waals surface area contributed by atoms with E-state index >= 15 is 0 Å². The van der Waals surface area contributed by atoms with Gasteiger partial charge in [0.05, 0.1) is 30.9 Å². The summed E-state index contributed by atoms with van der Waals surface area (Å²) < 4.78 is 11.8. The predicted molar refractivity (Wildman–Crippen MR) is 122 cm³/mol. The molecule has 1 aliphatic rings. The lowest BCUT2D eigenvalue weighted by Crippen LogP contribution is -2.25. The molecule has 0 fully saturated rings. The highest BCUT2D eigenvalue weighted by Gasteiger charge is 2.20. The summed E-state index contributed by atoms with van der Waals surface area (Å²) in [6, 6.07) is 5.40. The van der Waals surface area contributed by atoms with E-state index in [2.05, 4.69) is 10.3 Å². The van der Waals surface area contributed by atoms with Gasteiger partial charge in [-0.15, -0.1) is 11.3 Å². The van der Waals surface area contributed by atoms with E-state index in [1.807, 2.05) is 13.0 Å². The smallest absolute Gasteiger partial charge is 0.308 e. The van der Waals surface area contributed by atoms with Crippen LogP contribution in [0.1, 0.15) is 35.3 Å². The highest BCUT2D eigenvalue weighted by Crippen LogP contribution is 2.33. The van der Waals surface area contributed by atoms with Crippen LogP contribution in [-0.2, 0) is 33.7 Å². The number of aryl methyl sites for hydroxylation is 4. The van der Waals surface area contributed by atoms with Crippen LogP contribution in [0.4, 0.5) is 5.69 Å². The highest BCUT2D eigenvalue weighted by molar-refractivity contribution is 7.18. The summed E-state index contributed by atoms with van der Waals surface area (Å²) in [6.07, 6.45) is 5.58. The molecule has 4 rings (SSSR count). The fourth-order valence-electron chi connectivity index (χ4n) is 3.88. The van der Waals surface area contributed by atoms with Crippen molar-refractivity contribution in [1.82, 2.24) is 9.55 Å². The Kier molecular flexibility index (Phi) is 6.55. The number of hydrogen-bond donors (Lipinski definition) is 1. The molecule has 9 heteroatoms. The highest BCUT2D eigenvalue weighted by atomic mass is 32.1. The van der Waals surface area contributed by atoms with Crippen molar-refractivity contribution in [1.29, 1.82) is 0 Å². The maximum Gasteiger partial charge on any atom is 0.308 e. The van der Waals surface area contributed by atoms with Gasteiger partial charge < -0.3 is 14.8 Å². The van der Waals surface area contributed by atoms with Crippen molar-refractivity contribution < 1.29 is 19.1 Å². The second-order valence-electron chi connectivity index (χ2n) is 7.80. The van der Waals surface area contributed by atoms with Crippen LogP contribution in [0.25, 0.3) is 10.2 Å². The van der Waals surface area contributed by atoms with Gasteiger partial charge in [-0.2, -0.15) is 0 Å². The first-order valence-corrected chi connectivity index (χ1v) is 11.4. The molecular formula is C23H25N3O5S. The van der Waals surface area contributed by atoms with Crippen molar-refractivity contribution >= 4 is 39.1 Å². The fourth-order valence-corrected chi connectivity index (χ4v) is 5.10. The Morgan fingerprint density at radius 2 is 2.06 bits per heavy atom. The first-order valence-electron chi connectivity index (χ1n) is 10.6. The largest absolute Gasteiger partial charge is 0.495 e. The SMILES string of the molecule is COc1ccc(C)cc1NC(=O)COC(=O)CCn1cnc2sc3c(c2c1=O)CCCC3. The lowest BCUT2D eigenvalue weighted by molar-refractivity contribution is -0.147. The first kappa shape index (κ1) is 22.0. The van der Waals surface area contributed by atoms with Gasteiger partial charge in [0.1, 0.15) is 10.6 Å². The molecule has 1 N–H and O–H groups in total. The molecule has 8 nitrogen and oxygen atoms in total. The van der Waals surface area contributed by atoms with Crippen molar-refractivity contribution in [2.24, 2.45) is 0 Å². The van der Waals surface area contributed by atoms with Crippen LogP contribution in [0.2, 0.25) is 0 Å². The zero-order valence-corrected chi connectivity index (χ0v) is 18.9. The Morgan fingerprint density at radius 3 is 2.88 bits per heavy atom. The van der Waals surface area contributed by atoms with Crippen LogP contribution < -0.4 is 15.6 Å². The zero-order chi connectivity index (χ0) is 22.7. The number of aromatic nitrogens is 2. The quantitative estimate of drug-likeness (QED) is 0.549. The molecule has 0 atom stereocenters. The van der Waals surface area contributed by atoms with Gasteiger partial charge in [0, 0.05) is 11.4 Å². The average Bonchev–Trinajstić information content (AvgIpc) is 3.17. The van der Waals surface area contributed by atoms with Crippen molar-refractivity contribution in [3.05, 3.63) is 50.9 Å². The van der Waals surface area contributed by atoms with E-state index in [9.17, 15) is 14.4 Å². The molecule has 168 valence electrons. The maximum atomic E-state index is 12.9. The number of benzene rings is 1. The molecule has 0 radical (unpaired) electrons. The average molecular weight is 456 g/mol. The Balaban J connectivity index is 1.34. The molecule has 0 unspecified atom stereocenters. The number of esters is 1. The van der Waals surface area contributed by atoms with Crippen molar-refractivity contribution in [3.8, 4) is 5.75 Å². The minimum absolute atomic E-state index is 0.0273. The van der Waals surface area contributed by atoms with Gasteiger partial charge in [-0.05, 0) is 55.9 Å². The molecule has 1 aliphatic carbocycles. The lowest BCUT2D eigenvalue weighted by Gasteiger charge is -2.11. The number of nitrogens with one attached hydrogen (secondary N) is 1. The maximum absolute atomic E-state index is 12.9. The third-order valence-electron chi connectivity index (χ3n) is 5.49. The number of carbonyl (C=O) groups is 2. The topological polar surface area (TPSA) is 99.5 Å². The Bertz CT molecular complexity index is 1230. The van der Waals surface area contributed by atoms with Crippen LogP contribution in [0.15, 0.2) is 29.3 Å². The van der Waals surface area contributed by atoms with E-state index in [4.69, 9.17) is 9.47 Å². The van der Waals surface area contributed by atoms with Gasteiger partial charge in [0.25, 0.3) is 11.5 Å². The zero-order valence-electron chi connectivity index (χ0n) is 18.1. The Morgan fingerprint density at radius 1 is 1.25 bits per heavy atom. The molecular weight excluding hydrogens is 430 g/mol. The number of hydrogen-bond acceptors (Lipinski definition) is 7. The number of ether oxygens (including phenoxy) is 2. The van der Waals surface area contributed by atoms with Gasteiger partial charge in [-0.25, -0.2) is 4.98 Å². The molecule has 1 aromatic carbocycles. The van der Waals surface area contributed by atoms with Crippen LogP contribution in [0, 0.1) is 6.92 Å². The Labute approximate surface area is 189 Å². The molecule has 0 spiro atoms. The van der Waals surface area contributed by atoms with E-state index in [1.165, 1.54) is 22.9 Å². The molecule has 0 saturated heterocycles. The van der Waals surface area contributed by atoms with Gasteiger partial charge in [-0.3, -0.25) is 19.0 Å². The number of rotatable bonds is 7. The standard InChI is InChI=1S/C23H25N3O5S/c1-14-7-8-17(30-2)16(11-14)25-19(27)12-31-20(28)9-10-26-13-24-22-21(23(26)29)15-5-3-4-6-18(15)32-22/h7-8,11,13H,3-6,9-10,12H2,1-2H3,(H,25,27).